The van der Waals surface area contributed by atoms with Gasteiger partial charge in [0, 0.05) is 22.7 Å². The van der Waals surface area contributed by atoms with Crippen LogP contribution in [0.25, 0.3) is 0 Å². The van der Waals surface area contributed by atoms with Gasteiger partial charge >= 0.3 is 0 Å². The lowest BCUT2D eigenvalue weighted by Gasteiger charge is -2.15. The van der Waals surface area contributed by atoms with Gasteiger partial charge in [-0.05, 0) is 44.3 Å². The number of aryl methyl sites for hydroxylation is 1. The Morgan fingerprint density at radius 3 is 2.53 bits per heavy atom. The minimum absolute atomic E-state index is 0.0836. The Morgan fingerprint density at radius 1 is 1.26 bits per heavy atom. The van der Waals surface area contributed by atoms with Crippen molar-refractivity contribution in [2.24, 2.45) is 0 Å². The highest BCUT2D eigenvalue weighted by molar-refractivity contribution is 6.30. The van der Waals surface area contributed by atoms with Crippen molar-refractivity contribution in [1.82, 2.24) is 4.90 Å². The third kappa shape index (κ3) is 3.69. The standard InChI is InChI=1S/C15H16ClNO2/c1-11-13(7-8-19-11)9-17(2)10-15(18)12-3-5-14(16)6-4-12/h3-8H,9-10H2,1-2H3. The molecular weight excluding hydrogens is 262 g/mol. The van der Waals surface area contributed by atoms with E-state index in [1.54, 1.807) is 30.5 Å². The quantitative estimate of drug-likeness (QED) is 0.784. The van der Waals surface area contributed by atoms with Crippen LogP contribution >= 0.6 is 11.6 Å². The lowest BCUT2D eigenvalue weighted by atomic mass is 10.1. The number of Topliss-reactive ketones (excluding diaryl/α,β-unsaturated/α-hetero) is 1. The molecule has 0 N–H and O–H groups in total. The number of nitrogens with zero attached hydrogens (tertiary/aromatic N) is 1. The molecule has 1 aromatic heterocycles. The van der Waals surface area contributed by atoms with Crippen LogP contribution < -0.4 is 0 Å². The van der Waals surface area contributed by atoms with Crippen LogP contribution in [-0.4, -0.2) is 24.3 Å². The van der Waals surface area contributed by atoms with Crippen LogP contribution in [0.4, 0.5) is 0 Å². The van der Waals surface area contributed by atoms with Crippen LogP contribution in [0.15, 0.2) is 41.0 Å². The van der Waals surface area contributed by atoms with Crippen molar-refractivity contribution < 1.29 is 9.21 Å². The summed E-state index contributed by atoms with van der Waals surface area (Å²) in [6.07, 6.45) is 1.67. The summed E-state index contributed by atoms with van der Waals surface area (Å²) in [6.45, 7) is 2.98. The van der Waals surface area contributed by atoms with Crippen molar-refractivity contribution in [3.63, 3.8) is 0 Å². The molecule has 0 radical (unpaired) electrons. The van der Waals surface area contributed by atoms with Crippen LogP contribution in [-0.2, 0) is 6.54 Å². The van der Waals surface area contributed by atoms with E-state index < -0.39 is 0 Å². The summed E-state index contributed by atoms with van der Waals surface area (Å²) in [6, 6.07) is 8.89. The number of hydrogen-bond donors (Lipinski definition) is 0. The molecule has 2 aromatic rings. The molecule has 0 aliphatic rings. The number of halogens is 1. The van der Waals surface area contributed by atoms with E-state index in [0.717, 1.165) is 11.3 Å². The fourth-order valence-electron chi connectivity index (χ4n) is 1.89. The first-order valence-electron chi connectivity index (χ1n) is 6.06. The van der Waals surface area contributed by atoms with E-state index in [0.29, 0.717) is 23.7 Å². The van der Waals surface area contributed by atoms with Crippen molar-refractivity contribution in [2.45, 2.75) is 13.5 Å². The average Bonchev–Trinajstić information content (AvgIpc) is 2.75. The van der Waals surface area contributed by atoms with Crippen LogP contribution in [0, 0.1) is 6.92 Å². The van der Waals surface area contributed by atoms with E-state index >= 15 is 0 Å². The summed E-state index contributed by atoms with van der Waals surface area (Å²) in [5.41, 5.74) is 1.78. The molecule has 100 valence electrons. The first-order valence-corrected chi connectivity index (χ1v) is 6.44. The lowest BCUT2D eigenvalue weighted by Crippen LogP contribution is -2.25. The number of carbonyl (C=O) groups excluding carboxylic acids is 1. The molecule has 19 heavy (non-hydrogen) atoms. The Kier molecular flexibility index (Phi) is 4.40. The van der Waals surface area contributed by atoms with Gasteiger partial charge in [0.1, 0.15) is 5.76 Å². The normalized spacial score (nSPS) is 10.9. The van der Waals surface area contributed by atoms with E-state index in [-0.39, 0.29) is 5.78 Å². The maximum Gasteiger partial charge on any atom is 0.176 e. The summed E-state index contributed by atoms with van der Waals surface area (Å²) in [5.74, 6) is 0.978. The molecule has 0 spiro atoms. The summed E-state index contributed by atoms with van der Waals surface area (Å²) in [7, 11) is 1.92. The van der Waals surface area contributed by atoms with Gasteiger partial charge in [0.05, 0.1) is 12.8 Å². The predicted octanol–water partition coefficient (Wildman–Crippen LogP) is 3.56. The zero-order valence-electron chi connectivity index (χ0n) is 11.0. The summed E-state index contributed by atoms with van der Waals surface area (Å²) >= 11 is 5.80. The monoisotopic (exact) mass is 277 g/mol. The second kappa shape index (κ2) is 6.04. The topological polar surface area (TPSA) is 33.5 Å². The summed E-state index contributed by atoms with van der Waals surface area (Å²) in [4.78, 5) is 14.0. The van der Waals surface area contributed by atoms with Gasteiger partial charge in [-0.2, -0.15) is 0 Å². The zero-order valence-corrected chi connectivity index (χ0v) is 11.8. The molecule has 3 nitrogen and oxygen atoms in total. The van der Waals surface area contributed by atoms with Gasteiger partial charge in [-0.15, -0.1) is 0 Å². The number of benzene rings is 1. The Labute approximate surface area is 117 Å². The number of ketones is 1. The fraction of sp³-hybridized carbons (Fsp3) is 0.267. The molecule has 0 saturated heterocycles. The molecule has 1 aromatic carbocycles. The average molecular weight is 278 g/mol. The number of carbonyl (C=O) groups is 1. The maximum atomic E-state index is 12.1. The molecule has 0 atom stereocenters. The van der Waals surface area contributed by atoms with E-state index in [2.05, 4.69) is 0 Å². The largest absolute Gasteiger partial charge is 0.469 e. The summed E-state index contributed by atoms with van der Waals surface area (Å²) < 4.78 is 5.24. The highest BCUT2D eigenvalue weighted by Gasteiger charge is 2.11. The van der Waals surface area contributed by atoms with Crippen LogP contribution in [0.2, 0.25) is 5.02 Å². The van der Waals surface area contributed by atoms with E-state index in [1.807, 2.05) is 24.9 Å². The molecule has 0 fully saturated rings. The van der Waals surface area contributed by atoms with Crippen LogP contribution in [0.1, 0.15) is 21.7 Å². The van der Waals surface area contributed by atoms with E-state index in [9.17, 15) is 4.79 Å². The Hall–Kier alpha value is -1.58. The van der Waals surface area contributed by atoms with E-state index in [1.165, 1.54) is 0 Å². The maximum absolute atomic E-state index is 12.1. The highest BCUT2D eigenvalue weighted by Crippen LogP contribution is 2.13. The van der Waals surface area contributed by atoms with Gasteiger partial charge in [0.15, 0.2) is 5.78 Å². The van der Waals surface area contributed by atoms with Crippen molar-refractivity contribution in [1.29, 1.82) is 0 Å². The fourth-order valence-corrected chi connectivity index (χ4v) is 2.02. The molecule has 0 aliphatic heterocycles. The van der Waals surface area contributed by atoms with Gasteiger partial charge in [-0.1, -0.05) is 11.6 Å². The Balaban J connectivity index is 1.95. The lowest BCUT2D eigenvalue weighted by molar-refractivity contribution is 0.0942. The first kappa shape index (κ1) is 13.8. The van der Waals surface area contributed by atoms with Gasteiger partial charge in [0.2, 0.25) is 0 Å². The molecule has 0 saturated carbocycles. The molecular formula is C15H16ClNO2. The minimum Gasteiger partial charge on any atom is -0.469 e. The Morgan fingerprint density at radius 2 is 1.95 bits per heavy atom. The number of likely N-dealkylation sites (N-methyl/N-ethyl adjacent to an activating group) is 1. The van der Waals surface area contributed by atoms with Gasteiger partial charge in [-0.25, -0.2) is 0 Å². The molecule has 0 aliphatic carbocycles. The van der Waals surface area contributed by atoms with E-state index in [4.69, 9.17) is 16.0 Å². The van der Waals surface area contributed by atoms with Crippen molar-refractivity contribution in [2.75, 3.05) is 13.6 Å². The predicted molar refractivity (Wildman–Crippen MR) is 75.6 cm³/mol. The first-order chi connectivity index (χ1) is 9.06. The molecule has 4 heteroatoms. The molecule has 2 rings (SSSR count). The van der Waals surface area contributed by atoms with Crippen LogP contribution in [0.3, 0.4) is 0 Å². The van der Waals surface area contributed by atoms with Crippen molar-refractivity contribution in [3.05, 3.63) is 58.5 Å². The second-order valence-corrected chi connectivity index (χ2v) is 5.04. The second-order valence-electron chi connectivity index (χ2n) is 4.60. The summed E-state index contributed by atoms with van der Waals surface area (Å²) in [5, 5.41) is 0.638. The van der Waals surface area contributed by atoms with Crippen molar-refractivity contribution in [3.8, 4) is 0 Å². The number of furan rings is 1. The third-order valence-corrected chi connectivity index (χ3v) is 3.24. The van der Waals surface area contributed by atoms with Gasteiger partial charge in [-0.3, -0.25) is 9.69 Å². The molecule has 1 heterocycles. The highest BCUT2D eigenvalue weighted by atomic mass is 35.5. The Bertz CT molecular complexity index is 560. The van der Waals surface area contributed by atoms with Gasteiger partial charge in [0.25, 0.3) is 0 Å². The zero-order chi connectivity index (χ0) is 13.8. The molecule has 0 bridgehead atoms. The minimum atomic E-state index is 0.0836. The van der Waals surface area contributed by atoms with Gasteiger partial charge < -0.3 is 4.42 Å². The SMILES string of the molecule is Cc1occc1CN(C)CC(=O)c1ccc(Cl)cc1. The van der Waals surface area contributed by atoms with Crippen molar-refractivity contribution >= 4 is 17.4 Å². The smallest absolute Gasteiger partial charge is 0.176 e. The number of rotatable bonds is 5. The van der Waals surface area contributed by atoms with Crippen LogP contribution in [0.5, 0.6) is 0 Å². The number of hydrogen-bond acceptors (Lipinski definition) is 3. The molecule has 0 amide bonds. The third-order valence-electron chi connectivity index (χ3n) is 2.99. The molecule has 0 unspecified atom stereocenters.